The minimum absolute atomic E-state index is 0.0352. The van der Waals surface area contributed by atoms with Gasteiger partial charge < -0.3 is 15.5 Å². The molecule has 0 spiro atoms. The molecule has 0 saturated carbocycles. The molecule has 7 nitrogen and oxygen atoms in total. The van der Waals surface area contributed by atoms with Crippen molar-refractivity contribution in [1.29, 1.82) is 0 Å². The van der Waals surface area contributed by atoms with Crippen molar-refractivity contribution in [1.82, 2.24) is 14.9 Å². The molecule has 3 rings (SSSR count). The number of halogens is 2. The van der Waals surface area contributed by atoms with E-state index in [1.807, 2.05) is 0 Å². The van der Waals surface area contributed by atoms with Crippen LogP contribution in [0.2, 0.25) is 0 Å². The lowest BCUT2D eigenvalue weighted by molar-refractivity contribution is -0.605. The molecule has 1 aliphatic heterocycles. The van der Waals surface area contributed by atoms with Crippen LogP contribution in [-0.2, 0) is 4.79 Å². The van der Waals surface area contributed by atoms with Gasteiger partial charge in [-0.2, -0.15) is 4.73 Å². The van der Waals surface area contributed by atoms with Gasteiger partial charge in [-0.25, -0.2) is 13.8 Å². The summed E-state index contributed by atoms with van der Waals surface area (Å²) in [5.74, 6) is -3.78. The summed E-state index contributed by atoms with van der Waals surface area (Å²) in [4.78, 5) is 20.6. The van der Waals surface area contributed by atoms with Gasteiger partial charge in [-0.3, -0.25) is 9.69 Å². The van der Waals surface area contributed by atoms with Crippen molar-refractivity contribution in [3.63, 3.8) is 0 Å². The molecule has 1 amide bonds. The Morgan fingerprint density at radius 2 is 2.24 bits per heavy atom. The Morgan fingerprint density at radius 1 is 1.52 bits per heavy atom. The summed E-state index contributed by atoms with van der Waals surface area (Å²) in [5, 5.41) is 13.8. The van der Waals surface area contributed by atoms with Gasteiger partial charge in [0.15, 0.2) is 12.4 Å². The molecule has 1 aliphatic rings. The summed E-state index contributed by atoms with van der Waals surface area (Å²) in [6, 6.07) is 2.24. The number of amides is 1. The zero-order valence-electron chi connectivity index (χ0n) is 13.7. The predicted octanol–water partition coefficient (Wildman–Crippen LogP) is 1.49. The molecule has 0 unspecified atom stereocenters. The fourth-order valence-electron chi connectivity index (χ4n) is 3.01. The normalized spacial score (nSPS) is 21.6. The number of aromatic nitrogens is 3. The van der Waals surface area contributed by atoms with Crippen molar-refractivity contribution in [3.05, 3.63) is 47.8 Å². The molecular weight excluding hydrogens is 332 g/mol. The maximum atomic E-state index is 14.4. The van der Waals surface area contributed by atoms with Gasteiger partial charge in [-0.15, -0.1) is 0 Å². The van der Waals surface area contributed by atoms with E-state index in [2.05, 4.69) is 15.3 Å². The maximum absolute atomic E-state index is 14.4. The SMILES string of the molecule is C[C@@H](C(=O)Nc1cnc[nH]1)N1CCC(F)(F)[C@@H](c2cc[n+]([O-])cc2)C1. The van der Waals surface area contributed by atoms with E-state index in [1.54, 1.807) is 11.8 Å². The summed E-state index contributed by atoms with van der Waals surface area (Å²) >= 11 is 0. The number of imidazole rings is 1. The number of pyridine rings is 1. The maximum Gasteiger partial charge on any atom is 0.257 e. The second-order valence-electron chi connectivity index (χ2n) is 6.18. The van der Waals surface area contributed by atoms with Crippen LogP contribution in [0, 0.1) is 5.21 Å². The number of anilines is 1. The third-order valence-corrected chi connectivity index (χ3v) is 4.57. The Labute approximate surface area is 143 Å². The molecule has 3 heterocycles. The number of H-pyrrole nitrogens is 1. The van der Waals surface area contributed by atoms with Crippen LogP contribution in [0.15, 0.2) is 37.1 Å². The van der Waals surface area contributed by atoms with Gasteiger partial charge in [0.1, 0.15) is 5.82 Å². The van der Waals surface area contributed by atoms with Gasteiger partial charge in [-0.05, 0) is 12.5 Å². The smallest absolute Gasteiger partial charge is 0.257 e. The van der Waals surface area contributed by atoms with E-state index in [0.717, 1.165) is 0 Å². The third-order valence-electron chi connectivity index (χ3n) is 4.57. The number of alkyl halides is 2. The monoisotopic (exact) mass is 351 g/mol. The van der Waals surface area contributed by atoms with Crippen LogP contribution in [0.25, 0.3) is 0 Å². The molecule has 1 saturated heterocycles. The van der Waals surface area contributed by atoms with Crippen molar-refractivity contribution in [2.24, 2.45) is 0 Å². The lowest BCUT2D eigenvalue weighted by Crippen LogP contribution is -2.52. The molecule has 2 aromatic heterocycles. The number of rotatable bonds is 4. The van der Waals surface area contributed by atoms with Crippen LogP contribution in [0.1, 0.15) is 24.8 Å². The highest BCUT2D eigenvalue weighted by molar-refractivity contribution is 5.93. The number of carbonyl (C=O) groups excluding carboxylic acids is 1. The molecular formula is C16H19F2N5O2. The lowest BCUT2D eigenvalue weighted by atomic mass is 9.87. The Bertz CT molecular complexity index is 721. The van der Waals surface area contributed by atoms with Gasteiger partial charge in [0.05, 0.1) is 24.5 Å². The fourth-order valence-corrected chi connectivity index (χ4v) is 3.01. The first-order chi connectivity index (χ1) is 11.9. The fraction of sp³-hybridized carbons (Fsp3) is 0.438. The van der Waals surface area contributed by atoms with Crippen molar-refractivity contribution >= 4 is 11.7 Å². The van der Waals surface area contributed by atoms with Crippen LogP contribution in [-0.4, -0.2) is 45.8 Å². The van der Waals surface area contributed by atoms with E-state index < -0.39 is 17.9 Å². The van der Waals surface area contributed by atoms with Crippen LogP contribution < -0.4 is 10.0 Å². The van der Waals surface area contributed by atoms with E-state index in [4.69, 9.17) is 0 Å². The van der Waals surface area contributed by atoms with E-state index >= 15 is 0 Å². The van der Waals surface area contributed by atoms with Crippen LogP contribution in [0.4, 0.5) is 14.6 Å². The Kier molecular flexibility index (Phi) is 4.67. The first-order valence-corrected chi connectivity index (χ1v) is 7.96. The molecule has 25 heavy (non-hydrogen) atoms. The number of aromatic amines is 1. The van der Waals surface area contributed by atoms with Crippen molar-refractivity contribution in [3.8, 4) is 0 Å². The average Bonchev–Trinajstić information content (AvgIpc) is 3.08. The number of nitrogens with zero attached hydrogens (tertiary/aromatic N) is 3. The van der Waals surface area contributed by atoms with Crippen LogP contribution in [0.5, 0.6) is 0 Å². The number of piperidine rings is 1. The summed E-state index contributed by atoms with van der Waals surface area (Å²) in [7, 11) is 0. The second-order valence-corrected chi connectivity index (χ2v) is 6.18. The van der Waals surface area contributed by atoms with Gasteiger partial charge in [0.25, 0.3) is 5.92 Å². The van der Waals surface area contributed by atoms with Crippen molar-refractivity contribution in [2.75, 3.05) is 18.4 Å². The van der Waals surface area contributed by atoms with E-state index in [1.165, 1.54) is 37.1 Å². The molecule has 0 radical (unpaired) electrons. The second kappa shape index (κ2) is 6.75. The molecule has 0 bridgehead atoms. The summed E-state index contributed by atoms with van der Waals surface area (Å²) in [5.41, 5.74) is 0.392. The van der Waals surface area contributed by atoms with Gasteiger partial charge >= 0.3 is 0 Å². The van der Waals surface area contributed by atoms with Gasteiger partial charge in [0.2, 0.25) is 5.91 Å². The third kappa shape index (κ3) is 3.76. The molecule has 134 valence electrons. The number of hydrogen-bond donors (Lipinski definition) is 2. The topological polar surface area (TPSA) is 88.0 Å². The number of likely N-dealkylation sites (tertiary alicyclic amines) is 1. The quantitative estimate of drug-likeness (QED) is 0.645. The molecule has 1 fully saturated rings. The molecule has 0 aromatic carbocycles. The molecule has 9 heteroatoms. The summed E-state index contributed by atoms with van der Waals surface area (Å²) in [6.07, 6.45) is 4.98. The largest absolute Gasteiger partial charge is 0.619 e. The molecule has 2 N–H and O–H groups in total. The minimum Gasteiger partial charge on any atom is -0.619 e. The first kappa shape index (κ1) is 17.3. The summed E-state index contributed by atoms with van der Waals surface area (Å²) < 4.78 is 29.3. The number of carbonyl (C=O) groups is 1. The van der Waals surface area contributed by atoms with Gasteiger partial charge in [0, 0.05) is 31.6 Å². The highest BCUT2D eigenvalue weighted by Gasteiger charge is 2.46. The van der Waals surface area contributed by atoms with Gasteiger partial charge in [-0.1, -0.05) is 0 Å². The van der Waals surface area contributed by atoms with Crippen molar-refractivity contribution in [2.45, 2.75) is 31.2 Å². The Morgan fingerprint density at radius 3 is 2.88 bits per heavy atom. The minimum atomic E-state index is -2.88. The molecule has 2 aromatic rings. The van der Waals surface area contributed by atoms with E-state index in [0.29, 0.717) is 16.1 Å². The lowest BCUT2D eigenvalue weighted by Gasteiger charge is -2.40. The number of hydrogen-bond acceptors (Lipinski definition) is 4. The van der Waals surface area contributed by atoms with Crippen LogP contribution >= 0.6 is 0 Å². The summed E-state index contributed by atoms with van der Waals surface area (Å²) in [6.45, 7) is 1.84. The van der Waals surface area contributed by atoms with E-state index in [9.17, 15) is 18.8 Å². The molecule has 2 atom stereocenters. The molecule has 0 aliphatic carbocycles. The zero-order valence-corrected chi connectivity index (χ0v) is 13.7. The first-order valence-electron chi connectivity index (χ1n) is 7.96. The van der Waals surface area contributed by atoms with E-state index in [-0.39, 0.29) is 25.4 Å². The zero-order chi connectivity index (χ0) is 18.0. The predicted molar refractivity (Wildman–Crippen MR) is 86.0 cm³/mol. The highest BCUT2D eigenvalue weighted by Crippen LogP contribution is 2.40. The highest BCUT2D eigenvalue weighted by atomic mass is 19.3. The Hall–Kier alpha value is -2.55. The average molecular weight is 351 g/mol. The standard InChI is InChI=1S/C16H19F2N5O2/c1-11(15(24)21-14-8-19-10-20-14)22-7-4-16(17,18)13(9-22)12-2-5-23(25)6-3-12/h2-3,5-6,8,10-11,13H,4,7,9H2,1H3,(H,19,20)(H,21,24)/t11-,13+/m0/s1. The van der Waals surface area contributed by atoms with Crippen LogP contribution in [0.3, 0.4) is 0 Å². The van der Waals surface area contributed by atoms with Crippen molar-refractivity contribution < 1.29 is 18.3 Å². The number of nitrogens with one attached hydrogen (secondary N) is 2. The Balaban J connectivity index is 1.73.